The summed E-state index contributed by atoms with van der Waals surface area (Å²) in [5.74, 6) is 0.479. The molecule has 1 amide bonds. The lowest BCUT2D eigenvalue weighted by Gasteiger charge is -2.09. The molecule has 0 spiro atoms. The number of nitrogens with one attached hydrogen (secondary N) is 1. The quantitative estimate of drug-likeness (QED) is 0.409. The van der Waals surface area contributed by atoms with E-state index in [1.807, 2.05) is 24.3 Å². The van der Waals surface area contributed by atoms with Gasteiger partial charge in [-0.25, -0.2) is 0 Å². The Hall–Kier alpha value is -0.800. The predicted molar refractivity (Wildman–Crippen MR) is 89.7 cm³/mol. The van der Waals surface area contributed by atoms with Crippen molar-refractivity contribution in [3.05, 3.63) is 27.8 Å². The summed E-state index contributed by atoms with van der Waals surface area (Å²) in [6.45, 7) is 0. The molecule has 3 N–H and O–H groups in total. The zero-order valence-corrected chi connectivity index (χ0v) is 14.1. The van der Waals surface area contributed by atoms with Crippen molar-refractivity contribution in [3.63, 3.8) is 0 Å². The van der Waals surface area contributed by atoms with Crippen LogP contribution in [0.25, 0.3) is 0 Å². The molecule has 1 aromatic carbocycles. The number of thioether (sulfide) groups is 1. The minimum atomic E-state index is -0.619. The Balaban J connectivity index is 2.22. The van der Waals surface area contributed by atoms with Crippen molar-refractivity contribution in [1.82, 2.24) is 0 Å². The Morgan fingerprint density at radius 3 is 2.90 bits per heavy atom. The number of rotatable bonds is 7. The second kappa shape index (κ2) is 9.19. The minimum absolute atomic E-state index is 0.0661. The molecule has 0 fully saturated rings. The van der Waals surface area contributed by atoms with Gasteiger partial charge in [-0.3, -0.25) is 9.59 Å². The molecule has 0 heterocycles. The summed E-state index contributed by atoms with van der Waals surface area (Å²) in [6, 6.07) is 6.97. The lowest BCUT2D eigenvalue weighted by atomic mass is 10.2. The van der Waals surface area contributed by atoms with E-state index >= 15 is 0 Å². The molecule has 20 heavy (non-hydrogen) atoms. The van der Waals surface area contributed by atoms with Crippen molar-refractivity contribution >= 4 is 51.9 Å². The molecule has 1 rings (SSSR count). The van der Waals surface area contributed by atoms with Crippen LogP contribution in [0.2, 0.25) is 0 Å². The van der Waals surface area contributed by atoms with Crippen LogP contribution in [0.5, 0.6) is 0 Å². The molecule has 0 bridgehead atoms. The van der Waals surface area contributed by atoms with Gasteiger partial charge in [0.1, 0.15) is 6.04 Å². The summed E-state index contributed by atoms with van der Waals surface area (Å²) in [4.78, 5) is 22.8. The van der Waals surface area contributed by atoms with Gasteiger partial charge in [-0.15, -0.1) is 0 Å². The molecule has 0 aliphatic carbocycles. The standard InChI is InChI=1S/C13H17IN2O3S/c1-19-13(18)11(15)5-6-20-8-12(17)16-10-4-2-3-9(14)7-10/h2-4,7,11H,5-6,8,15H2,1H3,(H,16,17). The molecule has 7 heteroatoms. The molecule has 0 radical (unpaired) electrons. The monoisotopic (exact) mass is 408 g/mol. The number of hydrogen-bond donors (Lipinski definition) is 2. The number of benzene rings is 1. The number of amides is 1. The summed E-state index contributed by atoms with van der Waals surface area (Å²) in [5.41, 5.74) is 6.38. The average molecular weight is 408 g/mol. The summed E-state index contributed by atoms with van der Waals surface area (Å²) in [6.07, 6.45) is 0.494. The third-order valence-corrected chi connectivity index (χ3v) is 4.08. The number of halogens is 1. The van der Waals surface area contributed by atoms with Gasteiger partial charge in [-0.05, 0) is 53.0 Å². The van der Waals surface area contributed by atoms with E-state index in [2.05, 4.69) is 32.6 Å². The number of esters is 1. The molecule has 0 saturated heterocycles. The van der Waals surface area contributed by atoms with Gasteiger partial charge >= 0.3 is 5.97 Å². The molecule has 1 aromatic rings. The molecular weight excluding hydrogens is 391 g/mol. The van der Waals surface area contributed by atoms with Gasteiger partial charge in [-0.1, -0.05) is 6.07 Å². The van der Waals surface area contributed by atoms with Crippen molar-refractivity contribution in [3.8, 4) is 0 Å². The van der Waals surface area contributed by atoms with Crippen molar-refractivity contribution < 1.29 is 14.3 Å². The Morgan fingerprint density at radius 1 is 1.50 bits per heavy atom. The van der Waals surface area contributed by atoms with Crippen LogP contribution >= 0.6 is 34.4 Å². The minimum Gasteiger partial charge on any atom is -0.468 e. The summed E-state index contributed by atoms with van der Waals surface area (Å²) in [5, 5.41) is 2.82. The van der Waals surface area contributed by atoms with Gasteiger partial charge in [0.15, 0.2) is 0 Å². The van der Waals surface area contributed by atoms with Crippen LogP contribution in [0.3, 0.4) is 0 Å². The van der Waals surface area contributed by atoms with Gasteiger partial charge in [0.05, 0.1) is 12.9 Å². The Bertz CT molecular complexity index is 471. The first-order valence-corrected chi connectivity index (χ1v) is 8.23. The van der Waals surface area contributed by atoms with Gasteiger partial charge in [-0.2, -0.15) is 11.8 Å². The fraction of sp³-hybridized carbons (Fsp3) is 0.385. The van der Waals surface area contributed by atoms with E-state index in [-0.39, 0.29) is 5.91 Å². The van der Waals surface area contributed by atoms with Crippen molar-refractivity contribution in [2.75, 3.05) is 23.9 Å². The van der Waals surface area contributed by atoms with Crippen LogP contribution in [0.4, 0.5) is 5.69 Å². The highest BCUT2D eigenvalue weighted by atomic mass is 127. The summed E-state index contributed by atoms with van der Waals surface area (Å²) < 4.78 is 5.59. The van der Waals surface area contributed by atoms with Crippen molar-refractivity contribution in [2.45, 2.75) is 12.5 Å². The topological polar surface area (TPSA) is 81.4 Å². The van der Waals surface area contributed by atoms with Gasteiger partial charge < -0.3 is 15.8 Å². The number of anilines is 1. The van der Waals surface area contributed by atoms with E-state index in [4.69, 9.17) is 5.73 Å². The number of nitrogens with two attached hydrogens (primary N) is 1. The van der Waals surface area contributed by atoms with Gasteiger partial charge in [0.2, 0.25) is 5.91 Å². The van der Waals surface area contributed by atoms with Crippen molar-refractivity contribution in [1.29, 1.82) is 0 Å². The number of carbonyl (C=O) groups is 2. The normalized spacial score (nSPS) is 11.8. The highest BCUT2D eigenvalue weighted by molar-refractivity contribution is 14.1. The number of methoxy groups -OCH3 is 1. The second-order valence-electron chi connectivity index (χ2n) is 4.03. The Morgan fingerprint density at radius 2 is 2.25 bits per heavy atom. The Kier molecular flexibility index (Phi) is 7.93. The molecule has 5 nitrogen and oxygen atoms in total. The van der Waals surface area contributed by atoms with Gasteiger partial charge in [0.25, 0.3) is 0 Å². The van der Waals surface area contributed by atoms with E-state index in [1.165, 1.54) is 18.9 Å². The van der Waals surface area contributed by atoms with Crippen LogP contribution in [-0.4, -0.2) is 36.5 Å². The maximum absolute atomic E-state index is 11.7. The van der Waals surface area contributed by atoms with Crippen LogP contribution in [-0.2, 0) is 14.3 Å². The van der Waals surface area contributed by atoms with Crippen LogP contribution in [0.15, 0.2) is 24.3 Å². The first-order valence-electron chi connectivity index (χ1n) is 5.99. The van der Waals surface area contributed by atoms with E-state index < -0.39 is 12.0 Å². The molecular formula is C13H17IN2O3S. The molecule has 1 unspecified atom stereocenters. The van der Waals surface area contributed by atoms with E-state index in [9.17, 15) is 9.59 Å². The molecule has 110 valence electrons. The highest BCUT2D eigenvalue weighted by Crippen LogP contribution is 2.13. The molecule has 1 atom stereocenters. The fourth-order valence-corrected chi connectivity index (χ4v) is 2.77. The maximum Gasteiger partial charge on any atom is 0.322 e. The summed E-state index contributed by atoms with van der Waals surface area (Å²) >= 11 is 3.63. The SMILES string of the molecule is COC(=O)C(N)CCSCC(=O)Nc1cccc(I)c1. The van der Waals surface area contributed by atoms with Crippen LogP contribution in [0.1, 0.15) is 6.42 Å². The summed E-state index contributed by atoms with van der Waals surface area (Å²) in [7, 11) is 1.31. The number of carbonyl (C=O) groups excluding carboxylic acids is 2. The molecule has 0 aromatic heterocycles. The van der Waals surface area contributed by atoms with Crippen LogP contribution in [0, 0.1) is 3.57 Å². The molecule has 0 saturated carbocycles. The van der Waals surface area contributed by atoms with E-state index in [0.717, 1.165) is 9.26 Å². The van der Waals surface area contributed by atoms with Crippen molar-refractivity contribution in [2.24, 2.45) is 5.73 Å². The molecule has 0 aliphatic heterocycles. The second-order valence-corrected chi connectivity index (χ2v) is 6.38. The number of hydrogen-bond acceptors (Lipinski definition) is 5. The van der Waals surface area contributed by atoms with E-state index in [0.29, 0.717) is 17.9 Å². The smallest absolute Gasteiger partial charge is 0.322 e. The molecule has 0 aliphatic rings. The zero-order valence-electron chi connectivity index (χ0n) is 11.1. The maximum atomic E-state index is 11.7. The average Bonchev–Trinajstić information content (AvgIpc) is 2.42. The largest absolute Gasteiger partial charge is 0.468 e. The highest BCUT2D eigenvalue weighted by Gasteiger charge is 2.13. The van der Waals surface area contributed by atoms with E-state index in [1.54, 1.807) is 0 Å². The lowest BCUT2D eigenvalue weighted by Crippen LogP contribution is -2.32. The first-order chi connectivity index (χ1) is 9.52. The first kappa shape index (κ1) is 17.3. The lowest BCUT2D eigenvalue weighted by molar-refractivity contribution is -0.142. The van der Waals surface area contributed by atoms with Gasteiger partial charge in [0, 0.05) is 9.26 Å². The Labute approximate surface area is 136 Å². The fourth-order valence-electron chi connectivity index (χ4n) is 1.41. The third-order valence-electron chi connectivity index (χ3n) is 2.42. The van der Waals surface area contributed by atoms with Crippen LogP contribution < -0.4 is 11.1 Å². The predicted octanol–water partition coefficient (Wildman–Crippen LogP) is 1.85. The third kappa shape index (κ3) is 6.58. The zero-order chi connectivity index (χ0) is 15.0. The number of ether oxygens (including phenoxy) is 1.